The van der Waals surface area contributed by atoms with E-state index in [-0.39, 0.29) is 16.0 Å². The van der Waals surface area contributed by atoms with E-state index in [1.165, 1.54) is 20.0 Å². The predicted octanol–water partition coefficient (Wildman–Crippen LogP) is 0.535. The molecule has 4 nitrogen and oxygen atoms in total. The monoisotopic (exact) mass is 233 g/mol. The van der Waals surface area contributed by atoms with Crippen LogP contribution in [0.5, 0.6) is 0 Å². The summed E-state index contributed by atoms with van der Waals surface area (Å²) in [5.41, 5.74) is 0.166. The molecule has 0 saturated carbocycles. The highest BCUT2D eigenvalue weighted by Crippen LogP contribution is 2.18. The van der Waals surface area contributed by atoms with Gasteiger partial charge in [-0.25, -0.2) is 17.5 Å². The fraction of sp³-hybridized carbons (Fsp3) is 0.333. The minimum absolute atomic E-state index is 0.0242. The van der Waals surface area contributed by atoms with Crippen LogP contribution in [0.4, 0.5) is 4.39 Å². The second-order valence-electron chi connectivity index (χ2n) is 3.08. The average molecular weight is 233 g/mol. The van der Waals surface area contributed by atoms with E-state index in [2.05, 4.69) is 4.72 Å². The minimum Gasteiger partial charge on any atom is -0.392 e. The van der Waals surface area contributed by atoms with Gasteiger partial charge in [-0.1, -0.05) is 0 Å². The van der Waals surface area contributed by atoms with Crippen LogP contribution >= 0.6 is 0 Å². The number of hydrogen-bond donors (Lipinski definition) is 2. The summed E-state index contributed by atoms with van der Waals surface area (Å²) in [7, 11) is -2.33. The number of aliphatic hydroxyl groups is 1. The van der Waals surface area contributed by atoms with Crippen LogP contribution in [0.25, 0.3) is 0 Å². The first kappa shape index (κ1) is 12.1. The molecule has 0 aliphatic carbocycles. The Morgan fingerprint density at radius 1 is 1.47 bits per heavy atom. The van der Waals surface area contributed by atoms with Crippen molar-refractivity contribution in [2.24, 2.45) is 0 Å². The average Bonchev–Trinajstić information content (AvgIpc) is 2.21. The van der Waals surface area contributed by atoms with Crippen LogP contribution in [-0.4, -0.2) is 20.6 Å². The van der Waals surface area contributed by atoms with Crippen molar-refractivity contribution in [1.29, 1.82) is 0 Å². The maximum Gasteiger partial charge on any atom is 0.240 e. The van der Waals surface area contributed by atoms with Crippen LogP contribution in [0.1, 0.15) is 11.1 Å². The maximum absolute atomic E-state index is 13.3. The Kier molecular flexibility index (Phi) is 3.43. The first-order valence-corrected chi connectivity index (χ1v) is 5.74. The molecule has 0 spiro atoms. The van der Waals surface area contributed by atoms with Gasteiger partial charge in [-0.2, -0.15) is 0 Å². The molecule has 84 valence electrons. The Hall–Kier alpha value is -0.980. The Bertz CT molecular complexity index is 470. The lowest BCUT2D eigenvalue weighted by Gasteiger charge is -2.07. The fourth-order valence-electron chi connectivity index (χ4n) is 1.19. The van der Waals surface area contributed by atoms with Crippen molar-refractivity contribution in [2.45, 2.75) is 18.4 Å². The topological polar surface area (TPSA) is 66.4 Å². The number of aryl methyl sites for hydroxylation is 1. The molecule has 0 heterocycles. The van der Waals surface area contributed by atoms with E-state index < -0.39 is 22.4 Å². The van der Waals surface area contributed by atoms with Gasteiger partial charge in [0, 0.05) is 5.56 Å². The van der Waals surface area contributed by atoms with Crippen molar-refractivity contribution in [1.82, 2.24) is 4.72 Å². The van der Waals surface area contributed by atoms with Crippen molar-refractivity contribution >= 4 is 10.0 Å². The summed E-state index contributed by atoms with van der Waals surface area (Å²) in [6, 6.07) is 2.34. The summed E-state index contributed by atoms with van der Waals surface area (Å²) in [5, 5.41) is 8.85. The molecule has 1 aromatic carbocycles. The molecule has 0 atom stereocenters. The third kappa shape index (κ3) is 2.34. The molecule has 1 aromatic rings. The zero-order valence-corrected chi connectivity index (χ0v) is 9.23. The number of aliphatic hydroxyl groups excluding tert-OH is 1. The van der Waals surface area contributed by atoms with Gasteiger partial charge in [-0.15, -0.1) is 0 Å². The largest absolute Gasteiger partial charge is 0.392 e. The lowest BCUT2D eigenvalue weighted by molar-refractivity contribution is 0.275. The number of nitrogens with one attached hydrogen (secondary N) is 1. The third-order valence-electron chi connectivity index (χ3n) is 2.05. The Labute approximate surface area is 87.8 Å². The molecule has 15 heavy (non-hydrogen) atoms. The van der Waals surface area contributed by atoms with Gasteiger partial charge in [-0.05, 0) is 31.7 Å². The number of halogens is 1. The molecular formula is C9H12FNO3S. The molecule has 0 amide bonds. The van der Waals surface area contributed by atoms with E-state index in [1.54, 1.807) is 0 Å². The van der Waals surface area contributed by atoms with Gasteiger partial charge in [0.25, 0.3) is 0 Å². The van der Waals surface area contributed by atoms with E-state index in [1.807, 2.05) is 0 Å². The van der Waals surface area contributed by atoms with E-state index in [0.717, 1.165) is 6.07 Å². The normalized spacial score (nSPS) is 11.7. The second-order valence-corrected chi connectivity index (χ2v) is 4.97. The number of benzene rings is 1. The molecule has 0 aromatic heterocycles. The molecule has 0 unspecified atom stereocenters. The minimum atomic E-state index is -3.60. The van der Waals surface area contributed by atoms with Crippen molar-refractivity contribution < 1.29 is 17.9 Å². The van der Waals surface area contributed by atoms with Crippen LogP contribution < -0.4 is 4.72 Å². The standard InChI is InChI=1S/C9H12FNO3S/c1-6-3-8(15(13,14)11-2)4-7(5-12)9(6)10/h3-4,11-12H,5H2,1-2H3. The third-order valence-corrected chi connectivity index (χ3v) is 3.45. The molecule has 0 saturated heterocycles. The van der Waals surface area contributed by atoms with E-state index in [9.17, 15) is 12.8 Å². The molecule has 2 N–H and O–H groups in total. The molecule has 0 aliphatic rings. The van der Waals surface area contributed by atoms with Gasteiger partial charge in [0.05, 0.1) is 11.5 Å². The van der Waals surface area contributed by atoms with Crippen LogP contribution in [-0.2, 0) is 16.6 Å². The molecule has 0 fully saturated rings. The summed E-state index contributed by atoms with van der Waals surface area (Å²) in [5.74, 6) is -0.576. The molecule has 0 radical (unpaired) electrons. The molecular weight excluding hydrogens is 221 g/mol. The van der Waals surface area contributed by atoms with Crippen molar-refractivity contribution in [2.75, 3.05) is 7.05 Å². The Morgan fingerprint density at radius 2 is 2.07 bits per heavy atom. The van der Waals surface area contributed by atoms with Crippen LogP contribution in [0.3, 0.4) is 0 Å². The second kappa shape index (κ2) is 4.26. The van der Waals surface area contributed by atoms with Gasteiger partial charge in [-0.3, -0.25) is 0 Å². The highest BCUT2D eigenvalue weighted by Gasteiger charge is 2.15. The van der Waals surface area contributed by atoms with Crippen LogP contribution in [0.15, 0.2) is 17.0 Å². The molecule has 0 aliphatic heterocycles. The van der Waals surface area contributed by atoms with Crippen LogP contribution in [0, 0.1) is 12.7 Å². The highest BCUT2D eigenvalue weighted by molar-refractivity contribution is 7.89. The van der Waals surface area contributed by atoms with Gasteiger partial charge in [0.15, 0.2) is 0 Å². The summed E-state index contributed by atoms with van der Waals surface area (Å²) in [6.45, 7) is 0.920. The Balaban J connectivity index is 3.42. The molecule has 6 heteroatoms. The molecule has 1 rings (SSSR count). The predicted molar refractivity (Wildman–Crippen MR) is 53.3 cm³/mol. The first-order valence-electron chi connectivity index (χ1n) is 4.26. The van der Waals surface area contributed by atoms with Gasteiger partial charge >= 0.3 is 0 Å². The van der Waals surface area contributed by atoms with Crippen LogP contribution in [0.2, 0.25) is 0 Å². The SMILES string of the molecule is CNS(=O)(=O)c1cc(C)c(F)c(CO)c1. The van der Waals surface area contributed by atoms with E-state index in [0.29, 0.717) is 0 Å². The number of sulfonamides is 1. The van der Waals surface area contributed by atoms with E-state index >= 15 is 0 Å². The zero-order chi connectivity index (χ0) is 11.6. The lowest BCUT2D eigenvalue weighted by Crippen LogP contribution is -2.19. The van der Waals surface area contributed by atoms with Crippen molar-refractivity contribution in [3.8, 4) is 0 Å². The lowest BCUT2D eigenvalue weighted by atomic mass is 10.1. The summed E-state index contributed by atoms with van der Waals surface area (Å²) in [6.07, 6.45) is 0. The van der Waals surface area contributed by atoms with Crippen molar-refractivity contribution in [3.63, 3.8) is 0 Å². The molecule has 0 bridgehead atoms. The van der Waals surface area contributed by atoms with E-state index in [4.69, 9.17) is 5.11 Å². The van der Waals surface area contributed by atoms with Gasteiger partial charge in [0.2, 0.25) is 10.0 Å². The number of hydrogen-bond acceptors (Lipinski definition) is 3. The quantitative estimate of drug-likeness (QED) is 0.800. The summed E-state index contributed by atoms with van der Waals surface area (Å²) >= 11 is 0. The smallest absolute Gasteiger partial charge is 0.240 e. The summed E-state index contributed by atoms with van der Waals surface area (Å²) < 4.78 is 38.3. The van der Waals surface area contributed by atoms with Gasteiger partial charge < -0.3 is 5.11 Å². The van der Waals surface area contributed by atoms with Crippen molar-refractivity contribution in [3.05, 3.63) is 29.1 Å². The number of rotatable bonds is 3. The summed E-state index contributed by atoms with van der Waals surface area (Å²) in [4.78, 5) is -0.0482. The fourth-order valence-corrected chi connectivity index (χ4v) is 2.06. The van der Waals surface area contributed by atoms with Gasteiger partial charge in [0.1, 0.15) is 5.82 Å². The zero-order valence-electron chi connectivity index (χ0n) is 8.41. The maximum atomic E-state index is 13.3. The Morgan fingerprint density at radius 3 is 2.53 bits per heavy atom. The highest BCUT2D eigenvalue weighted by atomic mass is 32.2. The first-order chi connectivity index (χ1) is 6.92.